The normalized spacial score (nSPS) is 17.3. The minimum absolute atomic E-state index is 0.0899. The van der Waals surface area contributed by atoms with Gasteiger partial charge >= 0.3 is 0 Å². The van der Waals surface area contributed by atoms with Crippen LogP contribution in [0.2, 0.25) is 0 Å². The van der Waals surface area contributed by atoms with Crippen molar-refractivity contribution >= 4 is 32.5 Å². The van der Waals surface area contributed by atoms with Crippen molar-refractivity contribution in [3.63, 3.8) is 0 Å². The maximum Gasteiger partial charge on any atom is 0.259 e. The second-order valence-corrected chi connectivity index (χ2v) is 9.90. The van der Waals surface area contributed by atoms with E-state index in [4.69, 9.17) is 4.74 Å². The number of amides is 1. The molecule has 1 aromatic heterocycles. The molecule has 1 N–H and O–H groups in total. The highest BCUT2D eigenvalue weighted by atomic mass is 32.2. The average molecular weight is 454 g/mol. The number of hydrogen-bond donors (Lipinski definition) is 1. The van der Waals surface area contributed by atoms with Gasteiger partial charge in [0.2, 0.25) is 15.6 Å². The maximum absolute atomic E-state index is 13.6. The van der Waals surface area contributed by atoms with Crippen LogP contribution in [0.1, 0.15) is 22.3 Å². The van der Waals surface area contributed by atoms with Crippen LogP contribution in [-0.2, 0) is 21.2 Å². The summed E-state index contributed by atoms with van der Waals surface area (Å²) in [5.41, 5.74) is 2.12. The van der Waals surface area contributed by atoms with Gasteiger partial charge in [-0.3, -0.25) is 9.59 Å². The van der Waals surface area contributed by atoms with Gasteiger partial charge in [0.1, 0.15) is 0 Å². The van der Waals surface area contributed by atoms with Gasteiger partial charge in [-0.2, -0.15) is 4.31 Å². The van der Waals surface area contributed by atoms with E-state index >= 15 is 0 Å². The first kappa shape index (κ1) is 20.9. The average Bonchev–Trinajstić information content (AvgIpc) is 2.83. The summed E-state index contributed by atoms with van der Waals surface area (Å²) in [6.45, 7) is 1.79. The van der Waals surface area contributed by atoms with Gasteiger partial charge in [-0.15, -0.1) is 0 Å². The Kier molecular flexibility index (Phi) is 5.32. The number of fused-ring (bicyclic) bond motifs is 2. The van der Waals surface area contributed by atoms with Gasteiger partial charge in [-0.05, 0) is 42.7 Å². The van der Waals surface area contributed by atoms with Crippen molar-refractivity contribution in [2.75, 3.05) is 37.7 Å². The molecule has 0 bridgehead atoms. The molecule has 3 aromatic rings. The van der Waals surface area contributed by atoms with Crippen molar-refractivity contribution in [1.29, 1.82) is 0 Å². The van der Waals surface area contributed by atoms with E-state index in [9.17, 15) is 18.0 Å². The first-order chi connectivity index (χ1) is 15.4. The summed E-state index contributed by atoms with van der Waals surface area (Å²) in [4.78, 5) is 30.4. The molecular weight excluding hydrogens is 430 g/mol. The number of aromatic nitrogens is 1. The molecule has 32 heavy (non-hydrogen) atoms. The van der Waals surface area contributed by atoms with Crippen LogP contribution in [0.15, 0.2) is 58.2 Å². The third-order valence-electron chi connectivity index (χ3n) is 6.01. The van der Waals surface area contributed by atoms with Gasteiger partial charge in [-0.25, -0.2) is 8.42 Å². The lowest BCUT2D eigenvalue weighted by Crippen LogP contribution is -2.40. The number of nitrogens with one attached hydrogen (secondary N) is 1. The van der Waals surface area contributed by atoms with E-state index in [2.05, 4.69) is 4.98 Å². The zero-order valence-electron chi connectivity index (χ0n) is 17.4. The van der Waals surface area contributed by atoms with Crippen LogP contribution in [0.5, 0.6) is 0 Å². The number of morpholine rings is 1. The number of carbonyl (C=O) groups is 1. The van der Waals surface area contributed by atoms with E-state index in [0.717, 1.165) is 24.1 Å². The molecule has 8 nitrogen and oxygen atoms in total. The van der Waals surface area contributed by atoms with E-state index < -0.39 is 15.6 Å². The predicted molar refractivity (Wildman–Crippen MR) is 121 cm³/mol. The van der Waals surface area contributed by atoms with Crippen molar-refractivity contribution in [3.8, 4) is 0 Å². The summed E-state index contributed by atoms with van der Waals surface area (Å²) >= 11 is 0. The zero-order chi connectivity index (χ0) is 22.3. The van der Waals surface area contributed by atoms with Crippen LogP contribution < -0.4 is 10.5 Å². The molecule has 166 valence electrons. The number of aryl methyl sites for hydroxylation is 1. The maximum atomic E-state index is 13.6. The lowest BCUT2D eigenvalue weighted by atomic mass is 10.00. The molecule has 1 saturated heterocycles. The highest BCUT2D eigenvalue weighted by Crippen LogP contribution is 2.30. The lowest BCUT2D eigenvalue weighted by molar-refractivity contribution is 0.0730. The quantitative estimate of drug-likeness (QED) is 0.655. The number of aromatic amines is 1. The van der Waals surface area contributed by atoms with Crippen molar-refractivity contribution in [2.24, 2.45) is 0 Å². The standard InChI is InChI=1S/C23H23N3O5S/c27-22-15-19(23(28)26-9-3-5-16-4-1-2-6-21(16)26)18-14-17(7-8-20(18)24-22)32(29,30)25-10-12-31-13-11-25/h1-2,4,6-8,14-15H,3,5,9-13H2,(H,24,27). The Bertz CT molecular complexity index is 1360. The molecular formula is C23H23N3O5S. The van der Waals surface area contributed by atoms with Gasteiger partial charge in [0, 0.05) is 42.3 Å². The Labute approximate surface area is 185 Å². The Morgan fingerprint density at radius 2 is 1.78 bits per heavy atom. The second-order valence-electron chi connectivity index (χ2n) is 7.96. The van der Waals surface area contributed by atoms with Crippen LogP contribution in [0.3, 0.4) is 0 Å². The number of pyridine rings is 1. The number of rotatable bonds is 3. The van der Waals surface area contributed by atoms with Crippen LogP contribution in [0, 0.1) is 0 Å². The third-order valence-corrected chi connectivity index (χ3v) is 7.90. The smallest absolute Gasteiger partial charge is 0.259 e. The second kappa shape index (κ2) is 8.16. The predicted octanol–water partition coefficient (Wildman–Crippen LogP) is 2.14. The van der Waals surface area contributed by atoms with E-state index in [1.54, 1.807) is 11.0 Å². The fourth-order valence-corrected chi connectivity index (χ4v) is 5.83. The number of anilines is 1. The molecule has 0 saturated carbocycles. The largest absolute Gasteiger partial charge is 0.379 e. The summed E-state index contributed by atoms with van der Waals surface area (Å²) in [6.07, 6.45) is 1.71. The molecule has 3 heterocycles. The molecule has 9 heteroatoms. The molecule has 1 fully saturated rings. The summed E-state index contributed by atoms with van der Waals surface area (Å²) in [6, 6.07) is 13.5. The number of carbonyl (C=O) groups excluding carboxylic acids is 1. The fraction of sp³-hybridized carbons (Fsp3) is 0.304. The van der Waals surface area contributed by atoms with Crippen molar-refractivity contribution in [3.05, 3.63) is 70.0 Å². The van der Waals surface area contributed by atoms with Crippen LogP contribution in [0.4, 0.5) is 5.69 Å². The minimum Gasteiger partial charge on any atom is -0.379 e. The lowest BCUT2D eigenvalue weighted by Gasteiger charge is -2.30. The number of ether oxygens (including phenoxy) is 1. The Morgan fingerprint density at radius 3 is 2.59 bits per heavy atom. The number of para-hydroxylation sites is 1. The SMILES string of the molecule is O=C(c1cc(=O)[nH]c2ccc(S(=O)(=O)N3CCOCC3)cc12)N1CCCc2ccccc21. The molecule has 0 radical (unpaired) electrons. The number of benzene rings is 2. The van der Waals surface area contributed by atoms with E-state index in [-0.39, 0.29) is 29.5 Å². The first-order valence-corrected chi connectivity index (χ1v) is 12.0. The molecule has 1 amide bonds. The molecule has 2 aromatic carbocycles. The number of hydrogen-bond acceptors (Lipinski definition) is 5. The molecule has 0 spiro atoms. The van der Waals surface area contributed by atoms with Gasteiger partial charge < -0.3 is 14.6 Å². The monoisotopic (exact) mass is 453 g/mol. The fourth-order valence-electron chi connectivity index (χ4n) is 4.40. The topological polar surface area (TPSA) is 99.8 Å². The highest BCUT2D eigenvalue weighted by molar-refractivity contribution is 7.89. The van der Waals surface area contributed by atoms with Crippen LogP contribution in [0.25, 0.3) is 10.9 Å². The molecule has 2 aliphatic rings. The molecule has 2 aliphatic heterocycles. The van der Waals surface area contributed by atoms with E-state index in [1.807, 2.05) is 24.3 Å². The van der Waals surface area contributed by atoms with Gasteiger partial charge in [0.25, 0.3) is 5.91 Å². The van der Waals surface area contributed by atoms with E-state index in [0.29, 0.717) is 30.7 Å². The number of H-pyrrole nitrogens is 1. The molecule has 0 unspecified atom stereocenters. The minimum atomic E-state index is -3.74. The van der Waals surface area contributed by atoms with Gasteiger partial charge in [-0.1, -0.05) is 18.2 Å². The zero-order valence-corrected chi connectivity index (χ0v) is 18.2. The summed E-state index contributed by atoms with van der Waals surface area (Å²) < 4.78 is 32.9. The summed E-state index contributed by atoms with van der Waals surface area (Å²) in [5, 5.41) is 0.409. The van der Waals surface area contributed by atoms with Crippen molar-refractivity contribution in [1.82, 2.24) is 9.29 Å². The van der Waals surface area contributed by atoms with Gasteiger partial charge in [0.05, 0.1) is 23.7 Å². The van der Waals surface area contributed by atoms with Gasteiger partial charge in [0.15, 0.2) is 0 Å². The van der Waals surface area contributed by atoms with Crippen molar-refractivity contribution < 1.29 is 17.9 Å². The summed E-state index contributed by atoms with van der Waals surface area (Å²) in [5.74, 6) is -0.311. The highest BCUT2D eigenvalue weighted by Gasteiger charge is 2.29. The molecule has 5 rings (SSSR count). The van der Waals surface area contributed by atoms with Crippen LogP contribution in [-0.4, -0.2) is 56.5 Å². The number of nitrogens with zero attached hydrogens (tertiary/aromatic N) is 2. The first-order valence-electron chi connectivity index (χ1n) is 10.6. The molecule has 0 aliphatic carbocycles. The van der Waals surface area contributed by atoms with Crippen molar-refractivity contribution in [2.45, 2.75) is 17.7 Å². The number of sulfonamides is 1. The van der Waals surface area contributed by atoms with E-state index in [1.165, 1.54) is 22.5 Å². The Hall–Kier alpha value is -3.01. The van der Waals surface area contributed by atoms with Crippen LogP contribution >= 0.6 is 0 Å². The Balaban J connectivity index is 1.61. The Morgan fingerprint density at radius 1 is 1.00 bits per heavy atom. The third kappa shape index (κ3) is 3.62. The molecule has 0 atom stereocenters. The summed E-state index contributed by atoms with van der Waals surface area (Å²) in [7, 11) is -3.74.